The van der Waals surface area contributed by atoms with Crippen molar-refractivity contribution in [1.29, 1.82) is 0 Å². The number of likely N-dealkylation sites (tertiary alicyclic amines) is 1. The molecule has 1 aromatic rings. The van der Waals surface area contributed by atoms with Gasteiger partial charge in [-0.25, -0.2) is 14.9 Å². The van der Waals surface area contributed by atoms with Gasteiger partial charge in [0.05, 0.1) is 11.3 Å². The van der Waals surface area contributed by atoms with Gasteiger partial charge < -0.3 is 19.9 Å². The lowest BCUT2D eigenvalue weighted by atomic mass is 10.1. The van der Waals surface area contributed by atoms with Crippen molar-refractivity contribution in [2.75, 3.05) is 19.6 Å². The Kier molecular flexibility index (Phi) is 4.31. The molecule has 3 heterocycles. The van der Waals surface area contributed by atoms with Gasteiger partial charge in [-0.2, -0.15) is 0 Å². The predicted molar refractivity (Wildman–Crippen MR) is 80.3 cm³/mol. The summed E-state index contributed by atoms with van der Waals surface area (Å²) in [5, 5.41) is 13.3. The lowest BCUT2D eigenvalue weighted by molar-refractivity contribution is -0.265. The lowest BCUT2D eigenvalue weighted by Gasteiger charge is -2.42. The van der Waals surface area contributed by atoms with Crippen LogP contribution in [0.2, 0.25) is 0 Å². The fourth-order valence-corrected chi connectivity index (χ4v) is 2.62. The Morgan fingerprint density at radius 2 is 2.14 bits per heavy atom. The van der Waals surface area contributed by atoms with Crippen LogP contribution in [0.15, 0.2) is 6.33 Å². The van der Waals surface area contributed by atoms with Gasteiger partial charge in [-0.05, 0) is 20.8 Å². The van der Waals surface area contributed by atoms with Crippen LogP contribution in [-0.2, 0) is 17.7 Å². The molecule has 1 atom stereocenters. The molecule has 3 rings (SSSR count). The third-order valence-corrected chi connectivity index (χ3v) is 3.76. The first-order valence-electron chi connectivity index (χ1n) is 7.72. The molecule has 1 unspecified atom stereocenters. The van der Waals surface area contributed by atoms with Crippen molar-refractivity contribution in [3.05, 3.63) is 17.6 Å². The van der Waals surface area contributed by atoms with Gasteiger partial charge in [0.1, 0.15) is 12.4 Å². The van der Waals surface area contributed by atoms with Crippen LogP contribution in [0.1, 0.15) is 32.0 Å². The summed E-state index contributed by atoms with van der Waals surface area (Å²) in [6.07, 6.45) is 1.61. The van der Waals surface area contributed by atoms with Crippen LogP contribution in [0, 0.1) is 0 Å². The van der Waals surface area contributed by atoms with Crippen LogP contribution in [0.3, 0.4) is 0 Å². The van der Waals surface area contributed by atoms with Gasteiger partial charge in [-0.3, -0.25) is 0 Å². The Hall–Kier alpha value is -1.28. The second-order valence-electron chi connectivity index (χ2n) is 6.78. The molecular formula is C15H24N4O3. The third kappa shape index (κ3) is 3.55. The van der Waals surface area contributed by atoms with Crippen molar-refractivity contribution in [1.82, 2.24) is 20.2 Å². The van der Waals surface area contributed by atoms with Crippen molar-refractivity contribution in [2.24, 2.45) is 0 Å². The molecule has 0 bridgehead atoms. The average Bonchev–Trinajstić information content (AvgIpc) is 2.40. The minimum atomic E-state index is -0.888. The molecule has 2 aliphatic heterocycles. The Morgan fingerprint density at radius 1 is 1.36 bits per heavy atom. The summed E-state index contributed by atoms with van der Waals surface area (Å²) in [6.45, 7) is 8.71. The second-order valence-corrected chi connectivity index (χ2v) is 6.78. The molecule has 2 aliphatic rings. The van der Waals surface area contributed by atoms with Crippen LogP contribution in [0.25, 0.3) is 0 Å². The van der Waals surface area contributed by atoms with Gasteiger partial charge in [0.2, 0.25) is 12.3 Å². The number of nitrogens with one attached hydrogen (secondary N) is 1. The SMILES string of the molecule is CC(C)(C)OC(O)N1CC(Oc2ncnc3c2CNCC3)C1. The van der Waals surface area contributed by atoms with Gasteiger partial charge in [-0.15, -0.1) is 0 Å². The van der Waals surface area contributed by atoms with Crippen LogP contribution >= 0.6 is 0 Å². The highest BCUT2D eigenvalue weighted by molar-refractivity contribution is 5.31. The maximum Gasteiger partial charge on any atom is 0.221 e. The number of aliphatic hydroxyl groups is 1. The fourth-order valence-electron chi connectivity index (χ4n) is 2.62. The van der Waals surface area contributed by atoms with E-state index in [1.807, 2.05) is 25.7 Å². The van der Waals surface area contributed by atoms with Crippen LogP contribution in [0.5, 0.6) is 5.88 Å². The average molecular weight is 308 g/mol. The van der Waals surface area contributed by atoms with Crippen LogP contribution < -0.4 is 10.1 Å². The first-order valence-corrected chi connectivity index (χ1v) is 7.72. The Balaban J connectivity index is 1.54. The first kappa shape index (κ1) is 15.6. The fraction of sp³-hybridized carbons (Fsp3) is 0.733. The summed E-state index contributed by atoms with van der Waals surface area (Å²) >= 11 is 0. The summed E-state index contributed by atoms with van der Waals surface area (Å²) in [4.78, 5) is 10.4. The number of hydrogen-bond acceptors (Lipinski definition) is 7. The van der Waals surface area contributed by atoms with Crippen molar-refractivity contribution in [3.8, 4) is 5.88 Å². The van der Waals surface area contributed by atoms with Crippen molar-refractivity contribution >= 4 is 0 Å². The number of ether oxygens (including phenoxy) is 2. The molecule has 0 saturated carbocycles. The number of hydrogen-bond donors (Lipinski definition) is 2. The highest BCUT2D eigenvalue weighted by atomic mass is 16.6. The summed E-state index contributed by atoms with van der Waals surface area (Å²) in [5.74, 6) is 0.660. The number of aliphatic hydroxyl groups excluding tert-OH is 1. The van der Waals surface area contributed by atoms with Crippen LogP contribution in [0.4, 0.5) is 0 Å². The molecule has 122 valence electrons. The molecule has 0 spiro atoms. The number of fused-ring (bicyclic) bond motifs is 1. The van der Waals surface area contributed by atoms with Gasteiger partial charge in [-0.1, -0.05) is 0 Å². The number of nitrogens with zero attached hydrogens (tertiary/aromatic N) is 3. The molecule has 0 amide bonds. The monoisotopic (exact) mass is 308 g/mol. The number of aromatic nitrogens is 2. The van der Waals surface area contributed by atoms with Gasteiger partial charge in [0.15, 0.2) is 0 Å². The zero-order valence-corrected chi connectivity index (χ0v) is 13.4. The minimum Gasteiger partial charge on any atom is -0.471 e. The summed E-state index contributed by atoms with van der Waals surface area (Å²) in [6, 6.07) is 0. The van der Waals surface area contributed by atoms with Crippen LogP contribution in [-0.4, -0.2) is 57.7 Å². The first-order chi connectivity index (χ1) is 10.4. The molecule has 1 saturated heterocycles. The molecule has 1 fully saturated rings. The number of rotatable bonds is 4. The van der Waals surface area contributed by atoms with Gasteiger partial charge in [0, 0.05) is 38.2 Å². The predicted octanol–water partition coefficient (Wildman–Crippen LogP) is 0.276. The molecule has 0 radical (unpaired) electrons. The maximum atomic E-state index is 9.99. The molecule has 7 nitrogen and oxygen atoms in total. The quantitative estimate of drug-likeness (QED) is 0.773. The Morgan fingerprint density at radius 3 is 2.86 bits per heavy atom. The standard InChI is InChI=1S/C15H24N4O3/c1-15(2,3)22-14(20)19-7-10(8-19)21-13-11-6-16-5-4-12(11)17-9-18-13/h9-10,14,16,20H,4-8H2,1-3H3. The molecule has 2 N–H and O–H groups in total. The minimum absolute atomic E-state index is 0.0270. The van der Waals surface area contributed by atoms with E-state index in [0.29, 0.717) is 19.0 Å². The highest BCUT2D eigenvalue weighted by Crippen LogP contribution is 2.25. The van der Waals surface area contributed by atoms with E-state index >= 15 is 0 Å². The molecule has 1 aromatic heterocycles. The van der Waals surface area contributed by atoms with E-state index in [9.17, 15) is 5.11 Å². The molecule has 7 heteroatoms. The zero-order chi connectivity index (χ0) is 15.7. The summed E-state index contributed by atoms with van der Waals surface area (Å²) in [5.41, 5.74) is 1.75. The highest BCUT2D eigenvalue weighted by Gasteiger charge is 2.36. The normalized spacial score (nSPS) is 21.1. The zero-order valence-electron chi connectivity index (χ0n) is 13.4. The maximum absolute atomic E-state index is 9.99. The van der Waals surface area contributed by atoms with Crippen molar-refractivity contribution in [2.45, 2.75) is 51.9 Å². The van der Waals surface area contributed by atoms with E-state index in [1.165, 1.54) is 0 Å². The Bertz CT molecular complexity index is 526. The van der Waals surface area contributed by atoms with E-state index in [-0.39, 0.29) is 11.7 Å². The third-order valence-electron chi connectivity index (χ3n) is 3.76. The topological polar surface area (TPSA) is 79.7 Å². The molecule has 0 aromatic carbocycles. The lowest BCUT2D eigenvalue weighted by Crippen LogP contribution is -2.59. The second kappa shape index (κ2) is 6.08. The summed E-state index contributed by atoms with van der Waals surface area (Å²) in [7, 11) is 0. The van der Waals surface area contributed by atoms with E-state index in [4.69, 9.17) is 9.47 Å². The van der Waals surface area contributed by atoms with Crippen molar-refractivity contribution in [3.63, 3.8) is 0 Å². The largest absolute Gasteiger partial charge is 0.471 e. The van der Waals surface area contributed by atoms with E-state index in [0.717, 1.165) is 30.8 Å². The smallest absolute Gasteiger partial charge is 0.221 e. The van der Waals surface area contributed by atoms with Gasteiger partial charge in [0.25, 0.3) is 0 Å². The van der Waals surface area contributed by atoms with E-state index in [2.05, 4.69) is 15.3 Å². The Labute approximate surface area is 130 Å². The molecular weight excluding hydrogens is 284 g/mol. The molecule has 0 aliphatic carbocycles. The van der Waals surface area contributed by atoms with E-state index in [1.54, 1.807) is 6.33 Å². The molecule has 22 heavy (non-hydrogen) atoms. The van der Waals surface area contributed by atoms with E-state index < -0.39 is 6.41 Å². The van der Waals surface area contributed by atoms with Crippen molar-refractivity contribution < 1.29 is 14.6 Å². The summed E-state index contributed by atoms with van der Waals surface area (Å²) < 4.78 is 11.5. The van der Waals surface area contributed by atoms with Gasteiger partial charge >= 0.3 is 0 Å².